The molecule has 1 aromatic rings. The molecular formula is C18H28N2O17P2. The van der Waals surface area contributed by atoms with Gasteiger partial charge in [0.25, 0.3) is 5.56 Å². The Bertz CT molecular complexity index is 1240. The topological polar surface area (TPSA) is 294 Å². The van der Waals surface area contributed by atoms with Crippen molar-refractivity contribution in [1.29, 1.82) is 0 Å². The second kappa shape index (κ2) is 12.5. The van der Waals surface area contributed by atoms with E-state index in [2.05, 4.69) is 8.83 Å². The second-order valence-corrected chi connectivity index (χ2v) is 11.8. The van der Waals surface area contributed by atoms with Crippen LogP contribution in [0, 0.1) is 5.92 Å². The quantitative estimate of drug-likeness (QED) is 0.113. The SMILES string of the molecule is CC(=O)C[C@H]1[C@@H](OP(=O)(O)OP(=O)(O)OC[C@H]2O[C@@H](n3ccc(=O)[nH]c3=O)[C@H](O)[C@@H]2O)O[C@H](CO)[C@@H](O)[C@@H]1O. The van der Waals surface area contributed by atoms with Crippen molar-refractivity contribution in [2.45, 2.75) is 62.5 Å². The zero-order valence-corrected chi connectivity index (χ0v) is 21.8. The van der Waals surface area contributed by atoms with Crippen molar-refractivity contribution in [1.82, 2.24) is 9.55 Å². The van der Waals surface area contributed by atoms with Crippen LogP contribution in [0.15, 0.2) is 21.9 Å². The Morgan fingerprint density at radius 3 is 2.26 bits per heavy atom. The van der Waals surface area contributed by atoms with E-state index >= 15 is 0 Å². The van der Waals surface area contributed by atoms with E-state index in [1.807, 2.05) is 4.98 Å². The first kappa shape index (κ1) is 31.9. The number of nitrogens with zero attached hydrogens (tertiary/aromatic N) is 1. The van der Waals surface area contributed by atoms with E-state index in [0.29, 0.717) is 0 Å². The molecule has 21 heteroatoms. The molecule has 39 heavy (non-hydrogen) atoms. The van der Waals surface area contributed by atoms with Gasteiger partial charge in [0.2, 0.25) is 0 Å². The smallest absolute Gasteiger partial charge is 0.394 e. The molecule has 0 aliphatic carbocycles. The highest BCUT2D eigenvalue weighted by molar-refractivity contribution is 7.61. The number of ether oxygens (including phenoxy) is 2. The van der Waals surface area contributed by atoms with Crippen molar-refractivity contribution in [3.05, 3.63) is 33.1 Å². The monoisotopic (exact) mass is 606 g/mol. The van der Waals surface area contributed by atoms with Gasteiger partial charge in [-0.2, -0.15) is 4.31 Å². The lowest BCUT2D eigenvalue weighted by Crippen LogP contribution is -2.56. The molecule has 222 valence electrons. The summed E-state index contributed by atoms with van der Waals surface area (Å²) in [7, 11) is -11.1. The average Bonchev–Trinajstić information content (AvgIpc) is 3.10. The Balaban J connectivity index is 1.66. The highest BCUT2D eigenvalue weighted by Crippen LogP contribution is 2.62. The minimum Gasteiger partial charge on any atom is -0.394 e. The Morgan fingerprint density at radius 1 is 1.03 bits per heavy atom. The number of phosphoric acid groups is 2. The highest BCUT2D eigenvalue weighted by Gasteiger charge is 2.50. The molecule has 0 radical (unpaired) electrons. The van der Waals surface area contributed by atoms with Crippen LogP contribution >= 0.6 is 15.6 Å². The van der Waals surface area contributed by atoms with Crippen molar-refractivity contribution < 1.29 is 72.1 Å². The van der Waals surface area contributed by atoms with Gasteiger partial charge < -0.3 is 49.6 Å². The lowest BCUT2D eigenvalue weighted by molar-refractivity contribution is -0.263. The van der Waals surface area contributed by atoms with Gasteiger partial charge in [0, 0.05) is 24.6 Å². The molecule has 1 aromatic heterocycles. The zero-order chi connectivity index (χ0) is 29.3. The highest BCUT2D eigenvalue weighted by atomic mass is 31.3. The summed E-state index contributed by atoms with van der Waals surface area (Å²) in [6, 6.07) is 0.932. The number of carbonyl (C=O) groups excluding carboxylic acids is 1. The second-order valence-electron chi connectivity index (χ2n) is 8.76. The standard InChI is InChI=1S/C18H28N2O17P2/c1-7(22)4-8-12(24)13(25)9(5-21)35-17(8)36-39(31,32)37-38(29,30)33-6-10-14(26)15(27)16(34-10)20-3-2-11(23)19-18(20)28/h2-3,8-10,12-17,21,24-27H,4-6H2,1H3,(H,29,30)(H,31,32)(H,19,23,28)/t8-,9-,10-,12-,13-,14-,15-,16-,17-/m1/s1. The molecule has 2 saturated heterocycles. The minimum atomic E-state index is -5.59. The van der Waals surface area contributed by atoms with Crippen LogP contribution in [0.2, 0.25) is 0 Å². The van der Waals surface area contributed by atoms with E-state index in [-0.39, 0.29) is 0 Å². The molecule has 0 saturated carbocycles. The third-order valence-electron chi connectivity index (χ3n) is 5.84. The average molecular weight is 606 g/mol. The van der Waals surface area contributed by atoms with Crippen molar-refractivity contribution >= 4 is 21.4 Å². The van der Waals surface area contributed by atoms with Crippen LogP contribution in [0.1, 0.15) is 19.6 Å². The number of aromatic amines is 1. The molecule has 3 heterocycles. The number of rotatable bonds is 11. The molecule has 2 fully saturated rings. The Morgan fingerprint density at radius 2 is 1.67 bits per heavy atom. The van der Waals surface area contributed by atoms with Crippen molar-refractivity contribution in [3.63, 3.8) is 0 Å². The van der Waals surface area contributed by atoms with E-state index < -0.39 is 107 Å². The van der Waals surface area contributed by atoms with Crippen molar-refractivity contribution in [2.75, 3.05) is 13.2 Å². The first-order valence-corrected chi connectivity index (χ1v) is 14.2. The zero-order valence-electron chi connectivity index (χ0n) is 20.0. The number of aromatic nitrogens is 2. The van der Waals surface area contributed by atoms with Crippen LogP contribution in [-0.4, -0.2) is 107 Å². The summed E-state index contributed by atoms with van der Waals surface area (Å²) in [4.78, 5) is 56.6. The number of hydrogen-bond donors (Lipinski definition) is 8. The van der Waals surface area contributed by atoms with Gasteiger partial charge in [0.1, 0.15) is 36.3 Å². The summed E-state index contributed by atoms with van der Waals surface area (Å²) in [6.45, 7) is -0.788. The van der Waals surface area contributed by atoms with Gasteiger partial charge in [-0.15, -0.1) is 0 Å². The minimum absolute atomic E-state index is 0.521. The van der Waals surface area contributed by atoms with Gasteiger partial charge in [0.05, 0.1) is 19.3 Å². The van der Waals surface area contributed by atoms with E-state index in [0.717, 1.165) is 23.8 Å². The molecule has 2 aliphatic rings. The number of ketones is 1. The number of phosphoric ester groups is 2. The third kappa shape index (κ3) is 7.75. The molecule has 0 amide bonds. The molecule has 8 N–H and O–H groups in total. The maximum absolute atomic E-state index is 12.5. The Labute approximate surface area is 218 Å². The Hall–Kier alpha value is -1.67. The molecule has 19 nitrogen and oxygen atoms in total. The molecule has 0 spiro atoms. The van der Waals surface area contributed by atoms with Gasteiger partial charge >= 0.3 is 21.3 Å². The fraction of sp³-hybridized carbons (Fsp3) is 0.722. The van der Waals surface area contributed by atoms with Gasteiger partial charge in [-0.25, -0.2) is 13.9 Å². The van der Waals surface area contributed by atoms with Crippen LogP contribution < -0.4 is 11.2 Å². The summed E-state index contributed by atoms with van der Waals surface area (Å²) < 4.78 is 49.4. The first-order valence-electron chi connectivity index (χ1n) is 11.2. The van der Waals surface area contributed by atoms with Crippen LogP contribution in [0.4, 0.5) is 0 Å². The van der Waals surface area contributed by atoms with Crippen LogP contribution in [0.25, 0.3) is 0 Å². The normalized spacial score (nSPS) is 36.3. The maximum atomic E-state index is 12.5. The number of aliphatic hydroxyl groups excluding tert-OH is 5. The van der Waals surface area contributed by atoms with Crippen LogP contribution in [0.5, 0.6) is 0 Å². The van der Waals surface area contributed by atoms with E-state index in [9.17, 15) is 58.8 Å². The number of hydrogen-bond acceptors (Lipinski definition) is 15. The van der Waals surface area contributed by atoms with Crippen molar-refractivity contribution in [2.24, 2.45) is 5.92 Å². The summed E-state index contributed by atoms with van der Waals surface area (Å²) >= 11 is 0. The predicted molar refractivity (Wildman–Crippen MR) is 122 cm³/mol. The third-order valence-corrected chi connectivity index (χ3v) is 8.44. The first-order chi connectivity index (χ1) is 18.0. The van der Waals surface area contributed by atoms with E-state index in [4.69, 9.17) is 14.0 Å². The molecule has 2 aliphatic heterocycles. The van der Waals surface area contributed by atoms with Gasteiger partial charge in [-0.05, 0) is 6.92 Å². The number of nitrogens with one attached hydrogen (secondary N) is 1. The summed E-state index contributed by atoms with van der Waals surface area (Å²) in [5.74, 6) is -1.99. The predicted octanol–water partition coefficient (Wildman–Crippen LogP) is -3.56. The molecule has 3 rings (SSSR count). The number of aliphatic hydroxyl groups is 5. The molecule has 11 atom stereocenters. The number of H-pyrrole nitrogens is 1. The molecule has 0 bridgehead atoms. The molecule has 0 aromatic carbocycles. The van der Waals surface area contributed by atoms with Gasteiger partial charge in [-0.3, -0.25) is 23.4 Å². The lowest BCUT2D eigenvalue weighted by Gasteiger charge is -2.41. The number of carbonyl (C=O) groups is 1. The number of Topliss-reactive ketones (excluding diaryl/α,β-unsaturated/α-hetero) is 1. The summed E-state index contributed by atoms with van der Waals surface area (Å²) in [6.07, 6.45) is -13.2. The molecule has 2 unspecified atom stereocenters. The molecular weight excluding hydrogens is 578 g/mol. The van der Waals surface area contributed by atoms with Crippen molar-refractivity contribution in [3.8, 4) is 0 Å². The van der Waals surface area contributed by atoms with E-state index in [1.54, 1.807) is 0 Å². The van der Waals surface area contributed by atoms with Crippen LogP contribution in [-0.2, 0) is 36.8 Å². The summed E-state index contributed by atoms with van der Waals surface area (Å²) in [5.41, 5.74) is -1.74. The van der Waals surface area contributed by atoms with Gasteiger partial charge in [0.15, 0.2) is 12.5 Å². The fourth-order valence-electron chi connectivity index (χ4n) is 3.99. The van der Waals surface area contributed by atoms with E-state index in [1.165, 1.54) is 0 Å². The largest absolute Gasteiger partial charge is 0.483 e. The summed E-state index contributed by atoms with van der Waals surface area (Å²) in [5, 5.41) is 50.0. The Kier molecular flexibility index (Phi) is 10.2. The van der Waals surface area contributed by atoms with Gasteiger partial charge in [-0.1, -0.05) is 0 Å². The fourth-order valence-corrected chi connectivity index (χ4v) is 6.18. The van der Waals surface area contributed by atoms with Crippen LogP contribution in [0.3, 0.4) is 0 Å². The lowest BCUT2D eigenvalue weighted by atomic mass is 9.87. The maximum Gasteiger partial charge on any atom is 0.483 e.